The summed E-state index contributed by atoms with van der Waals surface area (Å²) in [7, 11) is 0. The van der Waals surface area contributed by atoms with Crippen molar-refractivity contribution in [3.05, 3.63) is 28.8 Å². The molecule has 3 saturated carbocycles. The van der Waals surface area contributed by atoms with Gasteiger partial charge in [0.25, 0.3) is 0 Å². The molecule has 0 radical (unpaired) electrons. The molecule has 3 fully saturated rings. The monoisotopic (exact) mass is 454 g/mol. The van der Waals surface area contributed by atoms with E-state index in [1.807, 2.05) is 0 Å². The van der Waals surface area contributed by atoms with Crippen molar-refractivity contribution in [1.82, 2.24) is 0 Å². The average molecular weight is 455 g/mol. The highest BCUT2D eigenvalue weighted by molar-refractivity contribution is 5.95. The molecule has 1 aromatic rings. The number of phenolic OH excluding ortho intramolecular Hbond substituents is 3. The predicted octanol–water partition coefficient (Wildman–Crippen LogP) is 6.21. The largest absolute Gasteiger partial charge is 0.507 e. The molecule has 180 valence electrons. The Bertz CT molecular complexity index is 971. The molecule has 0 saturated heterocycles. The first-order valence-corrected chi connectivity index (χ1v) is 12.3. The van der Waals surface area contributed by atoms with Crippen LogP contribution in [0.4, 0.5) is 0 Å². The van der Waals surface area contributed by atoms with Crippen LogP contribution in [-0.4, -0.2) is 27.9 Å². The molecule has 0 aromatic heterocycles. The van der Waals surface area contributed by atoms with Gasteiger partial charge in [-0.2, -0.15) is 0 Å². The number of fused-ring (bicyclic) bond motifs is 3. The highest BCUT2D eigenvalue weighted by Gasteiger charge is 2.68. The van der Waals surface area contributed by atoms with Gasteiger partial charge in [-0.05, 0) is 78.4 Å². The number of carbonyl (C=O) groups excluding carboxylic acids is 2. The Labute approximate surface area is 196 Å². The molecule has 1 aromatic carbocycles. The van der Waals surface area contributed by atoms with Crippen LogP contribution < -0.4 is 0 Å². The van der Waals surface area contributed by atoms with E-state index in [1.54, 1.807) is 0 Å². The second-order valence-electron chi connectivity index (χ2n) is 12.0. The summed E-state index contributed by atoms with van der Waals surface area (Å²) in [5.41, 5.74) is 0.887. The van der Waals surface area contributed by atoms with Crippen LogP contribution in [0.15, 0.2) is 12.2 Å². The van der Waals surface area contributed by atoms with Crippen LogP contribution in [0.2, 0.25) is 0 Å². The standard InChI is InChI=1S/C28H38O5/c1-14(2)11-20(21-25(32)17(12-29)24(31)18(13-30)26(21)33)28(6)10-9-16-15(3)7-8-19-23(22(16)28)27(19,4)5/h12-14,16,19-20,22-23,31-33H,3,7-11H2,1-2,4-6H3/t16?,19-,20?,22-,23-,28-/m1/s1. The SMILES string of the molecule is C=C1CC[C@@H]2[C@H]([C@H]3C1CC[C@]3(C)C(CC(C)C)c1c(O)c(C=O)c(O)c(C=O)c1O)C2(C)C. The summed E-state index contributed by atoms with van der Waals surface area (Å²) in [4.78, 5) is 23.5. The third-order valence-electron chi connectivity index (χ3n) is 9.63. The summed E-state index contributed by atoms with van der Waals surface area (Å²) in [6.45, 7) is 15.6. The van der Waals surface area contributed by atoms with Crippen molar-refractivity contribution in [1.29, 1.82) is 0 Å². The van der Waals surface area contributed by atoms with Crippen LogP contribution in [-0.2, 0) is 0 Å². The molecule has 3 aliphatic rings. The van der Waals surface area contributed by atoms with Gasteiger partial charge in [-0.15, -0.1) is 0 Å². The minimum Gasteiger partial charge on any atom is -0.507 e. The molecule has 0 bridgehead atoms. The maximum absolute atomic E-state index is 11.8. The zero-order valence-electron chi connectivity index (χ0n) is 20.5. The van der Waals surface area contributed by atoms with E-state index in [1.165, 1.54) is 5.57 Å². The van der Waals surface area contributed by atoms with Crippen molar-refractivity contribution in [2.45, 2.75) is 72.6 Å². The highest BCUT2D eigenvalue weighted by atomic mass is 16.3. The number of carbonyl (C=O) groups is 2. The number of aromatic hydroxyl groups is 3. The minimum absolute atomic E-state index is 0.235. The van der Waals surface area contributed by atoms with E-state index in [4.69, 9.17) is 0 Å². The molecular formula is C28H38O5. The summed E-state index contributed by atoms with van der Waals surface area (Å²) in [5, 5.41) is 32.6. The zero-order chi connectivity index (χ0) is 24.5. The molecule has 0 heterocycles. The third kappa shape index (κ3) is 3.33. The van der Waals surface area contributed by atoms with Crippen molar-refractivity contribution < 1.29 is 24.9 Å². The molecule has 5 heteroatoms. The second kappa shape index (κ2) is 7.89. The highest BCUT2D eigenvalue weighted by Crippen LogP contribution is 2.75. The van der Waals surface area contributed by atoms with Crippen LogP contribution in [0.3, 0.4) is 0 Å². The summed E-state index contributed by atoms with van der Waals surface area (Å²) in [6.07, 6.45) is 5.57. The number of phenols is 3. The van der Waals surface area contributed by atoms with Crippen LogP contribution in [0.5, 0.6) is 17.2 Å². The molecular weight excluding hydrogens is 416 g/mol. The Balaban J connectivity index is 1.93. The lowest BCUT2D eigenvalue weighted by molar-refractivity contribution is 0.106. The van der Waals surface area contributed by atoms with Gasteiger partial charge in [-0.25, -0.2) is 0 Å². The summed E-state index contributed by atoms with van der Waals surface area (Å²) < 4.78 is 0. The van der Waals surface area contributed by atoms with Crippen LogP contribution in [0, 0.1) is 40.4 Å². The predicted molar refractivity (Wildman–Crippen MR) is 128 cm³/mol. The van der Waals surface area contributed by atoms with E-state index in [-0.39, 0.29) is 39.4 Å². The molecule has 5 nitrogen and oxygen atoms in total. The fourth-order valence-corrected chi connectivity index (χ4v) is 7.89. The van der Waals surface area contributed by atoms with E-state index in [0.717, 1.165) is 25.7 Å². The van der Waals surface area contributed by atoms with Gasteiger partial charge < -0.3 is 15.3 Å². The zero-order valence-corrected chi connectivity index (χ0v) is 20.5. The lowest BCUT2D eigenvalue weighted by Crippen LogP contribution is -2.36. The van der Waals surface area contributed by atoms with E-state index in [0.29, 0.717) is 42.7 Å². The number of hydrogen-bond donors (Lipinski definition) is 3. The van der Waals surface area contributed by atoms with E-state index < -0.39 is 17.2 Å². The van der Waals surface area contributed by atoms with Gasteiger partial charge in [0.1, 0.15) is 17.2 Å². The minimum atomic E-state index is -0.664. The van der Waals surface area contributed by atoms with Crippen molar-refractivity contribution in [3.8, 4) is 17.2 Å². The Kier molecular flexibility index (Phi) is 5.70. The molecule has 33 heavy (non-hydrogen) atoms. The normalized spacial score (nSPS) is 33.2. The van der Waals surface area contributed by atoms with Crippen molar-refractivity contribution in [2.24, 2.45) is 40.4 Å². The quantitative estimate of drug-likeness (QED) is 0.351. The number of rotatable bonds is 6. The molecule has 6 atom stereocenters. The van der Waals surface area contributed by atoms with E-state index >= 15 is 0 Å². The molecule has 0 aliphatic heterocycles. The average Bonchev–Trinajstić information content (AvgIpc) is 3.16. The van der Waals surface area contributed by atoms with Gasteiger partial charge in [-0.3, -0.25) is 9.59 Å². The lowest BCUT2D eigenvalue weighted by atomic mass is 9.60. The number of benzene rings is 1. The molecule has 4 rings (SSSR count). The molecule has 3 aliphatic carbocycles. The van der Waals surface area contributed by atoms with Crippen LogP contribution in [0.25, 0.3) is 0 Å². The first-order chi connectivity index (χ1) is 15.4. The topological polar surface area (TPSA) is 94.8 Å². The third-order valence-corrected chi connectivity index (χ3v) is 9.63. The molecule has 2 unspecified atom stereocenters. The van der Waals surface area contributed by atoms with Crippen molar-refractivity contribution >= 4 is 12.6 Å². The maximum atomic E-state index is 11.8. The second-order valence-corrected chi connectivity index (χ2v) is 12.0. The Morgan fingerprint density at radius 1 is 0.970 bits per heavy atom. The van der Waals surface area contributed by atoms with Crippen molar-refractivity contribution in [3.63, 3.8) is 0 Å². The maximum Gasteiger partial charge on any atom is 0.157 e. The Hall–Kier alpha value is -2.30. The Morgan fingerprint density at radius 2 is 1.55 bits per heavy atom. The molecule has 0 spiro atoms. The fourth-order valence-electron chi connectivity index (χ4n) is 7.89. The van der Waals surface area contributed by atoms with Crippen LogP contribution in [0.1, 0.15) is 98.9 Å². The molecule has 3 N–H and O–H groups in total. The van der Waals surface area contributed by atoms with Gasteiger partial charge in [-0.1, -0.05) is 46.8 Å². The summed E-state index contributed by atoms with van der Waals surface area (Å²) in [6, 6.07) is 0. The summed E-state index contributed by atoms with van der Waals surface area (Å²) in [5.74, 6) is 0.453. The van der Waals surface area contributed by atoms with Gasteiger partial charge in [0.2, 0.25) is 0 Å². The first kappa shape index (κ1) is 23.8. The number of aldehydes is 2. The fraction of sp³-hybridized carbons (Fsp3) is 0.643. The summed E-state index contributed by atoms with van der Waals surface area (Å²) >= 11 is 0. The van der Waals surface area contributed by atoms with Gasteiger partial charge in [0, 0.05) is 5.56 Å². The smallest absolute Gasteiger partial charge is 0.157 e. The van der Waals surface area contributed by atoms with Gasteiger partial charge in [0.15, 0.2) is 12.6 Å². The van der Waals surface area contributed by atoms with Crippen molar-refractivity contribution in [2.75, 3.05) is 0 Å². The van der Waals surface area contributed by atoms with E-state index in [2.05, 4.69) is 41.2 Å². The van der Waals surface area contributed by atoms with E-state index in [9.17, 15) is 24.9 Å². The van der Waals surface area contributed by atoms with Crippen LogP contribution >= 0.6 is 0 Å². The molecule has 0 amide bonds. The van der Waals surface area contributed by atoms with Gasteiger partial charge >= 0.3 is 0 Å². The Morgan fingerprint density at radius 3 is 2.06 bits per heavy atom. The first-order valence-electron chi connectivity index (χ1n) is 12.3. The van der Waals surface area contributed by atoms with Gasteiger partial charge in [0.05, 0.1) is 11.1 Å². The number of hydrogen-bond acceptors (Lipinski definition) is 5. The number of allylic oxidation sites excluding steroid dienone is 1. The lowest BCUT2D eigenvalue weighted by Gasteiger charge is -2.44.